The molecular formula is C14H24N2O2. The summed E-state index contributed by atoms with van der Waals surface area (Å²) in [6.07, 6.45) is 8.34. The van der Waals surface area contributed by atoms with Gasteiger partial charge < -0.3 is 5.32 Å². The van der Waals surface area contributed by atoms with Crippen LogP contribution in [-0.2, 0) is 9.59 Å². The standard InChI is InChI=1S/C14H24N2O2/c1-5-7-9-13(12(3)17)15-14(18)11-16(4)10-8-6-2/h1,13H,6-11H2,2-4H3,(H,15,18). The van der Waals surface area contributed by atoms with Gasteiger partial charge in [0.1, 0.15) is 0 Å². The number of terminal acetylenes is 1. The molecule has 0 radical (unpaired) electrons. The van der Waals surface area contributed by atoms with Gasteiger partial charge in [-0.05, 0) is 33.4 Å². The van der Waals surface area contributed by atoms with Crippen molar-refractivity contribution in [2.24, 2.45) is 0 Å². The van der Waals surface area contributed by atoms with Gasteiger partial charge in [-0.1, -0.05) is 13.3 Å². The van der Waals surface area contributed by atoms with Crippen molar-refractivity contribution in [1.29, 1.82) is 0 Å². The maximum absolute atomic E-state index is 11.7. The summed E-state index contributed by atoms with van der Waals surface area (Å²) in [5, 5.41) is 2.73. The van der Waals surface area contributed by atoms with Crippen LogP contribution in [-0.4, -0.2) is 42.8 Å². The van der Waals surface area contributed by atoms with Crippen LogP contribution >= 0.6 is 0 Å². The van der Waals surface area contributed by atoms with Gasteiger partial charge in [-0.3, -0.25) is 14.5 Å². The van der Waals surface area contributed by atoms with Crippen LogP contribution in [0.4, 0.5) is 0 Å². The van der Waals surface area contributed by atoms with Gasteiger partial charge in [0, 0.05) is 6.42 Å². The number of nitrogens with zero attached hydrogens (tertiary/aromatic N) is 1. The van der Waals surface area contributed by atoms with Crippen molar-refractivity contribution >= 4 is 11.7 Å². The van der Waals surface area contributed by atoms with Crippen LogP contribution in [0.5, 0.6) is 0 Å². The fourth-order valence-corrected chi connectivity index (χ4v) is 1.60. The summed E-state index contributed by atoms with van der Waals surface area (Å²) in [5.41, 5.74) is 0. The van der Waals surface area contributed by atoms with Crippen LogP contribution < -0.4 is 5.32 Å². The van der Waals surface area contributed by atoms with Crippen LogP contribution in [0, 0.1) is 12.3 Å². The highest BCUT2D eigenvalue weighted by Gasteiger charge is 2.16. The summed E-state index contributed by atoms with van der Waals surface area (Å²) >= 11 is 0. The third-order valence-corrected chi connectivity index (χ3v) is 2.71. The number of nitrogens with one attached hydrogen (secondary N) is 1. The first kappa shape index (κ1) is 16.7. The zero-order chi connectivity index (χ0) is 14.0. The minimum absolute atomic E-state index is 0.0465. The molecular weight excluding hydrogens is 228 g/mol. The van der Waals surface area contributed by atoms with Crippen LogP contribution in [0.25, 0.3) is 0 Å². The Kier molecular flexibility index (Phi) is 8.95. The smallest absolute Gasteiger partial charge is 0.234 e. The topological polar surface area (TPSA) is 49.4 Å². The van der Waals surface area contributed by atoms with Gasteiger partial charge in [0.15, 0.2) is 5.78 Å². The number of rotatable bonds is 9. The Morgan fingerprint density at radius 3 is 2.61 bits per heavy atom. The summed E-state index contributed by atoms with van der Waals surface area (Å²) in [5.74, 6) is 2.31. The zero-order valence-electron chi connectivity index (χ0n) is 11.7. The summed E-state index contributed by atoms with van der Waals surface area (Å²) in [6, 6.07) is -0.451. The molecule has 0 bridgehead atoms. The summed E-state index contributed by atoms with van der Waals surface area (Å²) in [6.45, 7) is 4.79. The molecule has 4 heteroatoms. The first-order chi connectivity index (χ1) is 8.51. The van der Waals surface area contributed by atoms with E-state index in [-0.39, 0.29) is 11.7 Å². The second kappa shape index (κ2) is 9.67. The normalized spacial score (nSPS) is 11.9. The zero-order valence-corrected chi connectivity index (χ0v) is 11.7. The van der Waals surface area contributed by atoms with Crippen molar-refractivity contribution in [1.82, 2.24) is 10.2 Å². The Labute approximate surface area is 110 Å². The number of Topliss-reactive ketones (excluding diaryl/α,β-unsaturated/α-hetero) is 1. The van der Waals surface area contributed by atoms with Crippen molar-refractivity contribution < 1.29 is 9.59 Å². The maximum atomic E-state index is 11.7. The summed E-state index contributed by atoms with van der Waals surface area (Å²) in [7, 11) is 1.90. The predicted molar refractivity (Wildman–Crippen MR) is 73.1 cm³/mol. The van der Waals surface area contributed by atoms with E-state index in [0.717, 1.165) is 19.4 Å². The number of amides is 1. The van der Waals surface area contributed by atoms with Gasteiger partial charge in [0.05, 0.1) is 12.6 Å². The van der Waals surface area contributed by atoms with Crippen LogP contribution in [0.1, 0.15) is 39.5 Å². The lowest BCUT2D eigenvalue weighted by Crippen LogP contribution is -2.44. The predicted octanol–water partition coefficient (Wildman–Crippen LogP) is 1.21. The van der Waals surface area contributed by atoms with E-state index >= 15 is 0 Å². The second-order valence-electron chi connectivity index (χ2n) is 4.56. The number of hydrogen-bond donors (Lipinski definition) is 1. The number of carbonyl (C=O) groups excluding carboxylic acids is 2. The Hall–Kier alpha value is -1.34. The van der Waals surface area contributed by atoms with Crippen LogP contribution in [0.3, 0.4) is 0 Å². The molecule has 4 nitrogen and oxygen atoms in total. The molecule has 0 saturated heterocycles. The second-order valence-corrected chi connectivity index (χ2v) is 4.56. The average molecular weight is 252 g/mol. The van der Waals surface area contributed by atoms with E-state index in [0.29, 0.717) is 19.4 Å². The Balaban J connectivity index is 4.09. The SMILES string of the molecule is C#CCCC(NC(=O)CN(C)CCCC)C(C)=O. The lowest BCUT2D eigenvalue weighted by Gasteiger charge is -2.19. The van der Waals surface area contributed by atoms with E-state index < -0.39 is 6.04 Å². The van der Waals surface area contributed by atoms with Crippen molar-refractivity contribution in [3.63, 3.8) is 0 Å². The Morgan fingerprint density at radius 2 is 2.11 bits per heavy atom. The van der Waals surface area contributed by atoms with Crippen molar-refractivity contribution in [2.45, 2.75) is 45.6 Å². The van der Waals surface area contributed by atoms with Crippen molar-refractivity contribution in [3.05, 3.63) is 0 Å². The quantitative estimate of drug-likeness (QED) is 0.627. The number of ketones is 1. The summed E-state index contributed by atoms with van der Waals surface area (Å²) < 4.78 is 0. The lowest BCUT2D eigenvalue weighted by atomic mass is 10.1. The van der Waals surface area contributed by atoms with Crippen molar-refractivity contribution in [2.75, 3.05) is 20.1 Å². The van der Waals surface area contributed by atoms with E-state index in [9.17, 15) is 9.59 Å². The van der Waals surface area contributed by atoms with E-state index in [2.05, 4.69) is 18.2 Å². The highest BCUT2D eigenvalue weighted by atomic mass is 16.2. The molecule has 1 atom stereocenters. The van der Waals surface area contributed by atoms with Gasteiger partial charge in [0.2, 0.25) is 5.91 Å². The third kappa shape index (κ3) is 7.86. The van der Waals surface area contributed by atoms with Gasteiger partial charge in [-0.25, -0.2) is 0 Å². The molecule has 0 aliphatic heterocycles. The van der Waals surface area contributed by atoms with Gasteiger partial charge in [-0.15, -0.1) is 12.3 Å². The molecule has 0 heterocycles. The largest absolute Gasteiger partial charge is 0.345 e. The molecule has 1 amide bonds. The Bertz CT molecular complexity index is 307. The van der Waals surface area contributed by atoms with E-state index in [4.69, 9.17) is 6.42 Å². The average Bonchev–Trinajstić information content (AvgIpc) is 2.31. The van der Waals surface area contributed by atoms with E-state index in [1.807, 2.05) is 11.9 Å². The van der Waals surface area contributed by atoms with Crippen LogP contribution in [0.2, 0.25) is 0 Å². The number of hydrogen-bond acceptors (Lipinski definition) is 3. The molecule has 0 aliphatic carbocycles. The van der Waals surface area contributed by atoms with E-state index in [1.165, 1.54) is 6.92 Å². The highest BCUT2D eigenvalue weighted by Crippen LogP contribution is 1.98. The minimum Gasteiger partial charge on any atom is -0.345 e. The Morgan fingerprint density at radius 1 is 1.44 bits per heavy atom. The molecule has 0 rings (SSSR count). The molecule has 0 spiro atoms. The molecule has 0 aliphatic rings. The summed E-state index contributed by atoms with van der Waals surface area (Å²) in [4.78, 5) is 25.0. The number of unbranched alkanes of at least 4 members (excludes halogenated alkanes) is 1. The monoisotopic (exact) mass is 252 g/mol. The van der Waals surface area contributed by atoms with Gasteiger partial charge in [-0.2, -0.15) is 0 Å². The number of carbonyl (C=O) groups is 2. The maximum Gasteiger partial charge on any atom is 0.234 e. The van der Waals surface area contributed by atoms with Gasteiger partial charge in [0.25, 0.3) is 0 Å². The molecule has 0 saturated carbocycles. The first-order valence-corrected chi connectivity index (χ1v) is 6.43. The first-order valence-electron chi connectivity index (χ1n) is 6.43. The van der Waals surface area contributed by atoms with Gasteiger partial charge >= 0.3 is 0 Å². The molecule has 1 N–H and O–H groups in total. The molecule has 102 valence electrons. The molecule has 1 unspecified atom stereocenters. The molecule has 0 aromatic carbocycles. The number of likely N-dealkylation sites (N-methyl/N-ethyl adjacent to an activating group) is 1. The lowest BCUT2D eigenvalue weighted by molar-refractivity contribution is -0.127. The fourth-order valence-electron chi connectivity index (χ4n) is 1.60. The molecule has 0 fully saturated rings. The van der Waals surface area contributed by atoms with E-state index in [1.54, 1.807) is 0 Å². The fraction of sp³-hybridized carbons (Fsp3) is 0.714. The molecule has 18 heavy (non-hydrogen) atoms. The minimum atomic E-state index is -0.451. The molecule has 0 aromatic heterocycles. The third-order valence-electron chi connectivity index (χ3n) is 2.71. The molecule has 0 aromatic rings. The highest BCUT2D eigenvalue weighted by molar-refractivity contribution is 5.88. The van der Waals surface area contributed by atoms with Crippen molar-refractivity contribution in [3.8, 4) is 12.3 Å². The van der Waals surface area contributed by atoms with Crippen LogP contribution in [0.15, 0.2) is 0 Å².